The van der Waals surface area contributed by atoms with Gasteiger partial charge in [-0.25, -0.2) is 13.1 Å². The average Bonchev–Trinajstić information content (AvgIpc) is 2.26. The van der Waals surface area contributed by atoms with Gasteiger partial charge in [0.25, 0.3) is 0 Å². The summed E-state index contributed by atoms with van der Waals surface area (Å²) in [5, 5.41) is 0. The Labute approximate surface area is 116 Å². The fourth-order valence-electron chi connectivity index (χ4n) is 2.20. The van der Waals surface area contributed by atoms with Gasteiger partial charge in [0.05, 0.1) is 4.90 Å². The number of nitrogens with two attached hydrogens (primary N) is 1. The first-order chi connectivity index (χ1) is 8.76. The molecule has 0 aliphatic heterocycles. The minimum atomic E-state index is -3.50. The number of nitrogens with one attached hydrogen (secondary N) is 1. The van der Waals surface area contributed by atoms with Gasteiger partial charge in [0.2, 0.25) is 10.0 Å². The number of aryl methyl sites for hydroxylation is 1. The largest absolute Gasteiger partial charge is 0.399 e. The Morgan fingerprint density at radius 1 is 1.26 bits per heavy atom. The van der Waals surface area contributed by atoms with Crippen molar-refractivity contribution in [2.24, 2.45) is 5.92 Å². The lowest BCUT2D eigenvalue weighted by molar-refractivity contribution is 0.482. The zero-order valence-corrected chi connectivity index (χ0v) is 12.9. The zero-order valence-electron chi connectivity index (χ0n) is 12.1. The molecule has 0 bridgehead atoms. The van der Waals surface area contributed by atoms with E-state index in [1.54, 1.807) is 12.1 Å². The highest BCUT2D eigenvalue weighted by Gasteiger charge is 2.21. The van der Waals surface area contributed by atoms with Crippen molar-refractivity contribution in [1.29, 1.82) is 0 Å². The van der Waals surface area contributed by atoms with Gasteiger partial charge in [0.1, 0.15) is 0 Å². The van der Waals surface area contributed by atoms with E-state index in [-0.39, 0.29) is 6.04 Å². The van der Waals surface area contributed by atoms with E-state index in [1.165, 1.54) is 6.07 Å². The summed E-state index contributed by atoms with van der Waals surface area (Å²) in [7, 11) is -3.50. The van der Waals surface area contributed by atoms with E-state index in [2.05, 4.69) is 18.6 Å². The van der Waals surface area contributed by atoms with Gasteiger partial charge in [0, 0.05) is 11.7 Å². The fraction of sp³-hybridized carbons (Fsp3) is 0.571. The second kappa shape index (κ2) is 6.39. The maximum absolute atomic E-state index is 12.4. The molecule has 0 amide bonds. The summed E-state index contributed by atoms with van der Waals surface area (Å²) in [4.78, 5) is 0.297. The van der Waals surface area contributed by atoms with Crippen LogP contribution in [0.3, 0.4) is 0 Å². The molecule has 19 heavy (non-hydrogen) atoms. The van der Waals surface area contributed by atoms with E-state index in [9.17, 15) is 8.42 Å². The molecule has 0 spiro atoms. The van der Waals surface area contributed by atoms with Crippen LogP contribution in [0.1, 0.15) is 39.7 Å². The zero-order chi connectivity index (χ0) is 14.6. The first kappa shape index (κ1) is 16.0. The third kappa shape index (κ3) is 4.51. The SMILES string of the molecule is CCc1ccc(N)cc1S(=O)(=O)NC(C)CC(C)C. The van der Waals surface area contributed by atoms with Crippen LogP contribution in [0.4, 0.5) is 5.69 Å². The Hall–Kier alpha value is -1.07. The van der Waals surface area contributed by atoms with Crippen molar-refractivity contribution in [1.82, 2.24) is 4.72 Å². The van der Waals surface area contributed by atoms with Crippen molar-refractivity contribution in [2.45, 2.75) is 51.5 Å². The number of benzene rings is 1. The van der Waals surface area contributed by atoms with Crippen molar-refractivity contribution in [3.8, 4) is 0 Å². The van der Waals surface area contributed by atoms with Crippen molar-refractivity contribution in [3.63, 3.8) is 0 Å². The Bertz CT molecular complexity index is 524. The molecule has 0 saturated heterocycles. The predicted molar refractivity (Wildman–Crippen MR) is 79.5 cm³/mol. The first-order valence-electron chi connectivity index (χ1n) is 6.67. The molecule has 4 nitrogen and oxygen atoms in total. The quantitative estimate of drug-likeness (QED) is 0.789. The summed E-state index contributed by atoms with van der Waals surface area (Å²) in [6.45, 7) is 7.96. The minimum absolute atomic E-state index is 0.0869. The van der Waals surface area contributed by atoms with E-state index in [4.69, 9.17) is 5.73 Å². The van der Waals surface area contributed by atoms with Crippen LogP contribution in [0.15, 0.2) is 23.1 Å². The molecule has 0 aliphatic carbocycles. The summed E-state index contributed by atoms with van der Waals surface area (Å²) in [6, 6.07) is 4.95. The lowest BCUT2D eigenvalue weighted by Gasteiger charge is -2.17. The molecule has 0 aliphatic rings. The first-order valence-corrected chi connectivity index (χ1v) is 8.15. The smallest absolute Gasteiger partial charge is 0.241 e. The summed E-state index contributed by atoms with van der Waals surface area (Å²) >= 11 is 0. The normalized spacial score (nSPS) is 13.7. The molecule has 0 fully saturated rings. The van der Waals surface area contributed by atoms with Crippen LogP contribution >= 0.6 is 0 Å². The van der Waals surface area contributed by atoms with Gasteiger partial charge in [-0.1, -0.05) is 26.8 Å². The highest BCUT2D eigenvalue weighted by atomic mass is 32.2. The predicted octanol–water partition coefficient (Wildman–Crippen LogP) is 2.54. The van der Waals surface area contributed by atoms with Gasteiger partial charge in [-0.3, -0.25) is 0 Å². The second-order valence-corrected chi connectivity index (χ2v) is 7.06. The van der Waals surface area contributed by atoms with Gasteiger partial charge >= 0.3 is 0 Å². The lowest BCUT2D eigenvalue weighted by Crippen LogP contribution is -2.34. The molecular weight excluding hydrogens is 260 g/mol. The highest BCUT2D eigenvalue weighted by molar-refractivity contribution is 7.89. The minimum Gasteiger partial charge on any atom is -0.399 e. The van der Waals surface area contributed by atoms with Crippen LogP contribution in [0.5, 0.6) is 0 Å². The molecule has 0 heterocycles. The van der Waals surface area contributed by atoms with Crippen molar-refractivity contribution >= 4 is 15.7 Å². The molecular formula is C14H24N2O2S. The number of anilines is 1. The van der Waals surface area contributed by atoms with Gasteiger partial charge in [0.15, 0.2) is 0 Å². The standard InChI is InChI=1S/C14H24N2O2S/c1-5-12-6-7-13(15)9-14(12)19(17,18)16-11(4)8-10(2)3/h6-7,9-11,16H,5,8,15H2,1-4H3. The third-order valence-electron chi connectivity index (χ3n) is 2.94. The van der Waals surface area contributed by atoms with Gasteiger partial charge < -0.3 is 5.73 Å². The Morgan fingerprint density at radius 3 is 2.42 bits per heavy atom. The summed E-state index contributed by atoms with van der Waals surface area (Å²) in [5.41, 5.74) is 6.96. The number of hydrogen-bond acceptors (Lipinski definition) is 3. The maximum atomic E-state index is 12.4. The summed E-state index contributed by atoms with van der Waals surface area (Å²) < 4.78 is 27.5. The van der Waals surface area contributed by atoms with E-state index in [1.807, 2.05) is 13.8 Å². The maximum Gasteiger partial charge on any atom is 0.241 e. The van der Waals surface area contributed by atoms with Gasteiger partial charge in [-0.15, -0.1) is 0 Å². The van der Waals surface area contributed by atoms with Crippen LogP contribution in [0.2, 0.25) is 0 Å². The van der Waals surface area contributed by atoms with Crippen LogP contribution in [-0.4, -0.2) is 14.5 Å². The van der Waals surface area contributed by atoms with Crippen LogP contribution in [0.25, 0.3) is 0 Å². The van der Waals surface area contributed by atoms with E-state index >= 15 is 0 Å². The molecule has 1 aromatic carbocycles. The number of rotatable bonds is 6. The molecule has 1 aromatic rings. The fourth-order valence-corrected chi connectivity index (χ4v) is 3.80. The number of nitrogen functional groups attached to an aromatic ring is 1. The molecule has 0 aromatic heterocycles. The Balaban J connectivity index is 3.03. The monoisotopic (exact) mass is 284 g/mol. The Morgan fingerprint density at radius 2 is 1.89 bits per heavy atom. The topological polar surface area (TPSA) is 72.2 Å². The molecule has 0 radical (unpaired) electrons. The third-order valence-corrected chi connectivity index (χ3v) is 4.61. The van der Waals surface area contributed by atoms with Crippen LogP contribution < -0.4 is 10.5 Å². The lowest BCUT2D eigenvalue weighted by atomic mass is 10.1. The molecule has 0 saturated carbocycles. The van der Waals surface area contributed by atoms with Gasteiger partial charge in [-0.05, 0) is 43.4 Å². The van der Waals surface area contributed by atoms with Crippen molar-refractivity contribution in [2.75, 3.05) is 5.73 Å². The van der Waals surface area contributed by atoms with Crippen LogP contribution in [0, 0.1) is 5.92 Å². The summed E-state index contributed by atoms with van der Waals surface area (Å²) in [6.07, 6.45) is 1.47. The molecule has 5 heteroatoms. The Kier molecular flexibility index (Phi) is 5.38. The molecule has 3 N–H and O–H groups in total. The second-order valence-electron chi connectivity index (χ2n) is 5.37. The summed E-state index contributed by atoms with van der Waals surface area (Å²) in [5.74, 6) is 0.448. The number of sulfonamides is 1. The van der Waals surface area contributed by atoms with E-state index < -0.39 is 10.0 Å². The molecule has 1 atom stereocenters. The molecule has 1 unspecified atom stereocenters. The van der Waals surface area contributed by atoms with Crippen molar-refractivity contribution in [3.05, 3.63) is 23.8 Å². The molecule has 108 valence electrons. The molecule has 1 rings (SSSR count). The van der Waals surface area contributed by atoms with Crippen LogP contribution in [-0.2, 0) is 16.4 Å². The van der Waals surface area contributed by atoms with E-state index in [0.717, 1.165) is 12.0 Å². The van der Waals surface area contributed by atoms with Crippen molar-refractivity contribution < 1.29 is 8.42 Å². The number of hydrogen-bond donors (Lipinski definition) is 2. The average molecular weight is 284 g/mol. The van der Waals surface area contributed by atoms with Gasteiger partial charge in [-0.2, -0.15) is 0 Å². The van der Waals surface area contributed by atoms with E-state index in [0.29, 0.717) is 22.9 Å². The highest BCUT2D eigenvalue weighted by Crippen LogP contribution is 2.20.